The van der Waals surface area contributed by atoms with Gasteiger partial charge in [0.15, 0.2) is 5.82 Å². The summed E-state index contributed by atoms with van der Waals surface area (Å²) in [6.45, 7) is 4.81. The van der Waals surface area contributed by atoms with E-state index in [1.807, 2.05) is 43.0 Å². The van der Waals surface area contributed by atoms with E-state index in [4.69, 9.17) is 11.6 Å². The number of alkyl halides is 3. The lowest BCUT2D eigenvalue weighted by molar-refractivity contribution is -0.137. The maximum atomic E-state index is 13.1. The zero-order valence-electron chi connectivity index (χ0n) is 18.5. The summed E-state index contributed by atoms with van der Waals surface area (Å²) in [6.07, 6.45) is -4.67. The van der Waals surface area contributed by atoms with Crippen LogP contribution in [0.4, 0.5) is 19.0 Å². The molecule has 4 rings (SSSR count). The summed E-state index contributed by atoms with van der Waals surface area (Å²) in [5.74, 6) is 0.600. The zero-order valence-corrected chi connectivity index (χ0v) is 20.0. The maximum Gasteiger partial charge on any atom is 0.416 e. The fourth-order valence-corrected chi connectivity index (χ4v) is 5.84. The Labute approximate surface area is 201 Å². The number of hydrogen-bond donors (Lipinski definition) is 0. The van der Waals surface area contributed by atoms with Crippen molar-refractivity contribution in [2.45, 2.75) is 24.9 Å². The first-order valence-electron chi connectivity index (χ1n) is 10.5. The van der Waals surface area contributed by atoms with Crippen molar-refractivity contribution in [2.75, 3.05) is 31.1 Å². The van der Waals surface area contributed by atoms with Crippen molar-refractivity contribution in [2.24, 2.45) is 0 Å². The lowest BCUT2D eigenvalue weighted by Crippen LogP contribution is -2.49. The van der Waals surface area contributed by atoms with Crippen molar-refractivity contribution >= 4 is 27.4 Å². The molecule has 0 unspecified atom stereocenters. The highest BCUT2D eigenvalue weighted by Gasteiger charge is 2.35. The monoisotopic (exact) mass is 510 g/mol. The van der Waals surface area contributed by atoms with E-state index >= 15 is 0 Å². The minimum Gasteiger partial charge on any atom is -0.352 e. The standard InChI is InChI=1S/C23H22ClF3N4O2S/c1-15-3-5-18(16(2)13-15)20-7-8-22(29-28-20)30-9-11-31(12-10-30)34(32,33)21-14-17(23(25,26)27)4-6-19(21)24/h3-8,13-14H,9-12H2,1-2H3. The molecule has 2 heterocycles. The molecule has 0 saturated carbocycles. The number of nitrogens with zero attached hydrogens (tertiary/aromatic N) is 4. The number of aromatic nitrogens is 2. The summed E-state index contributed by atoms with van der Waals surface area (Å²) >= 11 is 5.96. The number of sulfonamides is 1. The molecular weight excluding hydrogens is 489 g/mol. The topological polar surface area (TPSA) is 66.4 Å². The van der Waals surface area contributed by atoms with Crippen LogP contribution in [0.1, 0.15) is 16.7 Å². The van der Waals surface area contributed by atoms with Crippen molar-refractivity contribution in [3.05, 3.63) is 70.2 Å². The summed E-state index contributed by atoms with van der Waals surface area (Å²) in [5.41, 5.74) is 2.91. The predicted molar refractivity (Wildman–Crippen MR) is 124 cm³/mol. The Bertz CT molecular complexity index is 1310. The van der Waals surface area contributed by atoms with Crippen LogP contribution in [0.2, 0.25) is 5.02 Å². The second kappa shape index (κ2) is 9.16. The molecule has 180 valence electrons. The molecule has 0 amide bonds. The minimum atomic E-state index is -4.67. The van der Waals surface area contributed by atoms with Gasteiger partial charge >= 0.3 is 6.18 Å². The second-order valence-corrected chi connectivity index (χ2v) is 10.4. The van der Waals surface area contributed by atoms with Gasteiger partial charge in [0.1, 0.15) is 4.90 Å². The van der Waals surface area contributed by atoms with E-state index in [-0.39, 0.29) is 18.1 Å². The molecule has 11 heteroatoms. The van der Waals surface area contributed by atoms with Gasteiger partial charge in [-0.2, -0.15) is 17.5 Å². The Hall–Kier alpha value is -2.69. The van der Waals surface area contributed by atoms with Gasteiger partial charge in [-0.05, 0) is 49.7 Å². The van der Waals surface area contributed by atoms with Crippen molar-refractivity contribution in [1.29, 1.82) is 0 Å². The highest BCUT2D eigenvalue weighted by atomic mass is 35.5. The summed E-state index contributed by atoms with van der Waals surface area (Å²) in [5, 5.41) is 8.38. The zero-order chi connectivity index (χ0) is 24.7. The van der Waals surface area contributed by atoms with Crippen LogP contribution >= 0.6 is 11.6 Å². The van der Waals surface area contributed by atoms with Crippen LogP contribution in [0.25, 0.3) is 11.3 Å². The van der Waals surface area contributed by atoms with E-state index < -0.39 is 26.7 Å². The fourth-order valence-electron chi connectivity index (χ4n) is 3.91. The predicted octanol–water partition coefficient (Wildman–Crippen LogP) is 4.94. The quantitative estimate of drug-likeness (QED) is 0.497. The van der Waals surface area contributed by atoms with Gasteiger partial charge in [0.25, 0.3) is 0 Å². The molecule has 0 bridgehead atoms. The normalized spacial score (nSPS) is 15.5. The van der Waals surface area contributed by atoms with Crippen molar-refractivity contribution in [3.8, 4) is 11.3 Å². The third-order valence-electron chi connectivity index (χ3n) is 5.75. The van der Waals surface area contributed by atoms with Gasteiger partial charge in [-0.15, -0.1) is 10.2 Å². The summed E-state index contributed by atoms with van der Waals surface area (Å²) in [4.78, 5) is 1.34. The molecule has 2 aromatic carbocycles. The van der Waals surface area contributed by atoms with Crippen LogP contribution < -0.4 is 4.90 Å². The molecule has 34 heavy (non-hydrogen) atoms. The van der Waals surface area contributed by atoms with Gasteiger partial charge in [-0.1, -0.05) is 35.4 Å². The second-order valence-electron chi connectivity index (χ2n) is 8.13. The van der Waals surface area contributed by atoms with Gasteiger partial charge < -0.3 is 4.90 Å². The fraction of sp³-hybridized carbons (Fsp3) is 0.304. The molecule has 0 radical (unpaired) electrons. The highest BCUT2D eigenvalue weighted by Crippen LogP contribution is 2.34. The Kier molecular flexibility index (Phi) is 6.58. The smallest absolute Gasteiger partial charge is 0.352 e. The van der Waals surface area contributed by atoms with E-state index in [0.717, 1.165) is 38.8 Å². The molecule has 0 spiro atoms. The molecule has 0 aliphatic carbocycles. The van der Waals surface area contributed by atoms with E-state index in [9.17, 15) is 21.6 Å². The molecule has 1 aromatic heterocycles. The van der Waals surface area contributed by atoms with Gasteiger partial charge in [0.05, 0.1) is 16.3 Å². The summed E-state index contributed by atoms with van der Waals surface area (Å²) in [6, 6.07) is 12.1. The molecule has 0 N–H and O–H groups in total. The third-order valence-corrected chi connectivity index (χ3v) is 8.13. The van der Waals surface area contributed by atoms with Crippen molar-refractivity contribution in [3.63, 3.8) is 0 Å². The Morgan fingerprint density at radius 3 is 2.21 bits per heavy atom. The van der Waals surface area contributed by atoms with Crippen LogP contribution in [0.15, 0.2) is 53.4 Å². The van der Waals surface area contributed by atoms with Crippen LogP contribution in [0, 0.1) is 13.8 Å². The molecule has 1 aliphatic rings. The van der Waals surface area contributed by atoms with E-state index in [2.05, 4.69) is 16.3 Å². The average Bonchev–Trinajstić information content (AvgIpc) is 2.79. The average molecular weight is 511 g/mol. The lowest BCUT2D eigenvalue weighted by atomic mass is 10.0. The summed E-state index contributed by atoms with van der Waals surface area (Å²) < 4.78 is 66.4. The van der Waals surface area contributed by atoms with Gasteiger partial charge in [-0.3, -0.25) is 0 Å². The van der Waals surface area contributed by atoms with Crippen LogP contribution in [0.3, 0.4) is 0 Å². The highest BCUT2D eigenvalue weighted by molar-refractivity contribution is 7.89. The van der Waals surface area contributed by atoms with E-state index in [1.54, 1.807) is 0 Å². The third kappa shape index (κ3) is 4.89. The maximum absolute atomic E-state index is 13.1. The molecule has 6 nitrogen and oxygen atoms in total. The number of aryl methyl sites for hydroxylation is 2. The van der Waals surface area contributed by atoms with Gasteiger partial charge in [0, 0.05) is 31.7 Å². The first kappa shape index (κ1) is 24.4. The van der Waals surface area contributed by atoms with Crippen LogP contribution in [-0.2, 0) is 16.2 Å². The largest absolute Gasteiger partial charge is 0.416 e. The van der Waals surface area contributed by atoms with Crippen LogP contribution in [0.5, 0.6) is 0 Å². The number of benzene rings is 2. The number of piperazine rings is 1. The van der Waals surface area contributed by atoms with Crippen molar-refractivity contribution < 1.29 is 21.6 Å². The number of rotatable bonds is 4. The number of anilines is 1. The van der Waals surface area contributed by atoms with Gasteiger partial charge in [0.2, 0.25) is 10.0 Å². The first-order valence-corrected chi connectivity index (χ1v) is 12.3. The van der Waals surface area contributed by atoms with Crippen LogP contribution in [-0.4, -0.2) is 49.1 Å². The van der Waals surface area contributed by atoms with Crippen molar-refractivity contribution in [1.82, 2.24) is 14.5 Å². The molecule has 0 atom stereocenters. The lowest BCUT2D eigenvalue weighted by Gasteiger charge is -2.34. The molecule has 1 aliphatic heterocycles. The Balaban J connectivity index is 1.48. The number of halogens is 4. The first-order chi connectivity index (χ1) is 16.0. The van der Waals surface area contributed by atoms with E-state index in [1.165, 1.54) is 0 Å². The molecule has 1 saturated heterocycles. The minimum absolute atomic E-state index is 0.0788. The summed E-state index contributed by atoms with van der Waals surface area (Å²) in [7, 11) is -4.19. The molecule has 1 fully saturated rings. The van der Waals surface area contributed by atoms with Gasteiger partial charge in [-0.25, -0.2) is 8.42 Å². The Morgan fingerprint density at radius 1 is 0.912 bits per heavy atom. The molecular formula is C23H22ClF3N4O2S. The SMILES string of the molecule is Cc1ccc(-c2ccc(N3CCN(S(=O)(=O)c4cc(C(F)(F)F)ccc4Cl)CC3)nn2)c(C)c1. The van der Waals surface area contributed by atoms with E-state index in [0.29, 0.717) is 25.0 Å². The number of hydrogen-bond acceptors (Lipinski definition) is 5. The molecule has 3 aromatic rings. The Morgan fingerprint density at radius 2 is 1.62 bits per heavy atom.